The SMILES string of the molecule is O=C1CNC(=O)N1CCCCCCN1CC[C@@H]2c3cc(F)ccc3N(c3ccc(F)cc3)[C@H]2C1. The summed E-state index contributed by atoms with van der Waals surface area (Å²) in [5, 5.41) is 2.55. The van der Waals surface area contributed by atoms with Crippen LogP contribution in [-0.2, 0) is 4.79 Å². The summed E-state index contributed by atoms with van der Waals surface area (Å²) in [4.78, 5) is 29.3. The monoisotopic (exact) mass is 468 g/mol. The van der Waals surface area contributed by atoms with Gasteiger partial charge in [0.2, 0.25) is 5.91 Å². The average Bonchev–Trinajstić information content (AvgIpc) is 3.32. The van der Waals surface area contributed by atoms with Crippen molar-refractivity contribution in [1.82, 2.24) is 15.1 Å². The van der Waals surface area contributed by atoms with Crippen LogP contribution in [0.1, 0.15) is 43.6 Å². The maximum Gasteiger partial charge on any atom is 0.324 e. The first kappa shape index (κ1) is 22.8. The summed E-state index contributed by atoms with van der Waals surface area (Å²) in [5.41, 5.74) is 3.00. The summed E-state index contributed by atoms with van der Waals surface area (Å²) >= 11 is 0. The Labute approximate surface area is 198 Å². The molecule has 1 N–H and O–H groups in total. The van der Waals surface area contributed by atoms with Crippen LogP contribution in [0.5, 0.6) is 0 Å². The summed E-state index contributed by atoms with van der Waals surface area (Å²) in [5.74, 6) is -0.361. The van der Waals surface area contributed by atoms with E-state index in [0.717, 1.165) is 68.7 Å². The van der Waals surface area contributed by atoms with Crippen LogP contribution in [-0.4, -0.2) is 60.5 Å². The number of unbranched alkanes of at least 4 members (excludes halogenated alkanes) is 3. The highest BCUT2D eigenvalue weighted by Gasteiger charge is 2.42. The molecule has 3 aliphatic rings. The fraction of sp³-hybridized carbons (Fsp3) is 0.462. The van der Waals surface area contributed by atoms with Crippen molar-refractivity contribution in [3.63, 3.8) is 0 Å². The number of piperidine rings is 1. The summed E-state index contributed by atoms with van der Waals surface area (Å²) in [6, 6.07) is 11.5. The summed E-state index contributed by atoms with van der Waals surface area (Å²) in [7, 11) is 0. The smallest absolute Gasteiger partial charge is 0.324 e. The first-order valence-corrected chi connectivity index (χ1v) is 12.2. The van der Waals surface area contributed by atoms with E-state index in [1.165, 1.54) is 23.1 Å². The van der Waals surface area contributed by atoms with Gasteiger partial charge in [-0.2, -0.15) is 0 Å². The predicted octanol–water partition coefficient (Wildman–Crippen LogP) is 4.39. The number of hydrogen-bond donors (Lipinski definition) is 1. The number of fused-ring (bicyclic) bond motifs is 3. The van der Waals surface area contributed by atoms with Gasteiger partial charge in [-0.25, -0.2) is 13.6 Å². The molecule has 3 amide bonds. The molecule has 2 atom stereocenters. The number of nitrogens with zero attached hydrogens (tertiary/aromatic N) is 3. The Balaban J connectivity index is 1.17. The molecule has 0 bridgehead atoms. The number of amides is 3. The Kier molecular flexibility index (Phi) is 6.50. The zero-order valence-corrected chi connectivity index (χ0v) is 19.2. The number of rotatable bonds is 8. The molecule has 0 unspecified atom stereocenters. The van der Waals surface area contributed by atoms with Crippen molar-refractivity contribution in [1.29, 1.82) is 0 Å². The third-order valence-electron chi connectivity index (χ3n) is 7.29. The molecule has 3 heterocycles. The molecule has 0 saturated carbocycles. The first-order valence-electron chi connectivity index (χ1n) is 12.2. The van der Waals surface area contributed by atoms with Crippen molar-refractivity contribution in [2.24, 2.45) is 0 Å². The molecule has 0 aliphatic carbocycles. The number of carbonyl (C=O) groups is 2. The molecule has 2 saturated heterocycles. The minimum absolute atomic E-state index is 0.113. The van der Waals surface area contributed by atoms with Crippen molar-refractivity contribution in [3.05, 3.63) is 59.7 Å². The van der Waals surface area contributed by atoms with E-state index in [1.54, 1.807) is 18.2 Å². The van der Waals surface area contributed by atoms with Gasteiger partial charge in [0.15, 0.2) is 0 Å². The average molecular weight is 469 g/mol. The van der Waals surface area contributed by atoms with Crippen LogP contribution < -0.4 is 10.2 Å². The van der Waals surface area contributed by atoms with E-state index < -0.39 is 0 Å². The fourth-order valence-corrected chi connectivity index (χ4v) is 5.62. The summed E-state index contributed by atoms with van der Waals surface area (Å²) in [6.45, 7) is 3.42. The molecule has 2 aromatic rings. The largest absolute Gasteiger partial charge is 0.336 e. The van der Waals surface area contributed by atoms with E-state index in [2.05, 4.69) is 15.1 Å². The Morgan fingerprint density at radius 1 is 0.912 bits per heavy atom. The van der Waals surface area contributed by atoms with E-state index in [0.29, 0.717) is 6.54 Å². The number of likely N-dealkylation sites (tertiary alicyclic amines) is 1. The molecule has 6 nitrogen and oxygen atoms in total. The fourth-order valence-electron chi connectivity index (χ4n) is 5.62. The third-order valence-corrected chi connectivity index (χ3v) is 7.29. The second kappa shape index (κ2) is 9.70. The third kappa shape index (κ3) is 4.51. The van der Waals surface area contributed by atoms with Crippen LogP contribution in [0.2, 0.25) is 0 Å². The molecule has 0 radical (unpaired) electrons. The van der Waals surface area contributed by atoms with Gasteiger partial charge in [0, 0.05) is 30.4 Å². The van der Waals surface area contributed by atoms with Crippen LogP contribution in [0.25, 0.3) is 0 Å². The van der Waals surface area contributed by atoms with Crippen LogP contribution in [0.4, 0.5) is 25.0 Å². The minimum Gasteiger partial charge on any atom is -0.336 e. The molecule has 0 aromatic heterocycles. The summed E-state index contributed by atoms with van der Waals surface area (Å²) in [6.07, 6.45) is 4.86. The van der Waals surface area contributed by atoms with E-state index >= 15 is 0 Å². The maximum atomic E-state index is 14.1. The molecule has 8 heteroatoms. The number of hydrogen-bond acceptors (Lipinski definition) is 4. The van der Waals surface area contributed by atoms with Gasteiger partial charge in [-0.05, 0) is 80.4 Å². The molecular formula is C26H30F2N4O2. The van der Waals surface area contributed by atoms with Crippen molar-refractivity contribution in [2.45, 2.75) is 44.1 Å². The number of imide groups is 1. The van der Waals surface area contributed by atoms with Gasteiger partial charge in [-0.15, -0.1) is 0 Å². The van der Waals surface area contributed by atoms with Crippen molar-refractivity contribution in [2.75, 3.05) is 37.6 Å². The lowest BCUT2D eigenvalue weighted by Gasteiger charge is -2.39. The Bertz CT molecular complexity index is 1050. The topological polar surface area (TPSA) is 55.9 Å². The normalized spacial score (nSPS) is 22.2. The number of benzene rings is 2. The van der Waals surface area contributed by atoms with Gasteiger partial charge in [0.25, 0.3) is 0 Å². The van der Waals surface area contributed by atoms with Gasteiger partial charge in [-0.1, -0.05) is 12.8 Å². The zero-order chi connectivity index (χ0) is 23.7. The van der Waals surface area contributed by atoms with Crippen molar-refractivity contribution >= 4 is 23.3 Å². The molecule has 2 fully saturated rings. The second-order valence-electron chi connectivity index (χ2n) is 9.43. The Morgan fingerprint density at radius 2 is 1.65 bits per heavy atom. The second-order valence-corrected chi connectivity index (χ2v) is 9.43. The number of nitrogens with one attached hydrogen (secondary N) is 1. The minimum atomic E-state index is -0.281. The quantitative estimate of drug-likeness (QED) is 0.461. The molecular weight excluding hydrogens is 438 g/mol. The van der Waals surface area contributed by atoms with E-state index in [4.69, 9.17) is 0 Å². The molecule has 2 aromatic carbocycles. The van der Waals surface area contributed by atoms with Gasteiger partial charge < -0.3 is 15.1 Å². The zero-order valence-electron chi connectivity index (χ0n) is 19.2. The molecule has 34 heavy (non-hydrogen) atoms. The van der Waals surface area contributed by atoms with Gasteiger partial charge >= 0.3 is 6.03 Å². The van der Waals surface area contributed by atoms with Gasteiger partial charge in [0.1, 0.15) is 11.6 Å². The molecule has 5 rings (SSSR count). The van der Waals surface area contributed by atoms with Crippen LogP contribution >= 0.6 is 0 Å². The highest BCUT2D eigenvalue weighted by molar-refractivity contribution is 6.01. The van der Waals surface area contributed by atoms with Crippen molar-refractivity contribution in [3.8, 4) is 0 Å². The van der Waals surface area contributed by atoms with E-state index in [-0.39, 0.29) is 42.1 Å². The number of halogens is 2. The highest BCUT2D eigenvalue weighted by Crippen LogP contribution is 2.48. The number of carbonyl (C=O) groups excluding carboxylic acids is 2. The molecule has 0 spiro atoms. The summed E-state index contributed by atoms with van der Waals surface area (Å²) < 4.78 is 27.6. The van der Waals surface area contributed by atoms with E-state index in [9.17, 15) is 18.4 Å². The number of anilines is 2. The first-order chi connectivity index (χ1) is 16.5. The lowest BCUT2D eigenvalue weighted by Crippen LogP contribution is -2.47. The standard InChI is InChI=1S/C26H30F2N4O2/c27-18-5-8-20(9-6-18)32-23-10-7-19(28)15-22(23)21-11-14-30(17-24(21)32)12-3-1-2-4-13-31-25(33)16-29-26(31)34/h5-10,15,21,24H,1-4,11-14,16-17H2,(H,29,34)/t21-,24+/m1/s1. The highest BCUT2D eigenvalue weighted by atomic mass is 19.1. The number of urea groups is 1. The lowest BCUT2D eigenvalue weighted by atomic mass is 9.88. The van der Waals surface area contributed by atoms with E-state index in [1.807, 2.05) is 6.07 Å². The van der Waals surface area contributed by atoms with Gasteiger partial charge in [-0.3, -0.25) is 9.69 Å². The molecule has 3 aliphatic heterocycles. The maximum absolute atomic E-state index is 14.1. The molecule has 180 valence electrons. The van der Waals surface area contributed by atoms with Gasteiger partial charge in [0.05, 0.1) is 12.6 Å². The van der Waals surface area contributed by atoms with Crippen LogP contribution in [0.15, 0.2) is 42.5 Å². The Morgan fingerprint density at radius 3 is 2.38 bits per heavy atom. The Hall–Kier alpha value is -3.00. The van der Waals surface area contributed by atoms with Crippen LogP contribution in [0, 0.1) is 11.6 Å². The van der Waals surface area contributed by atoms with Crippen LogP contribution in [0.3, 0.4) is 0 Å². The lowest BCUT2D eigenvalue weighted by molar-refractivity contribution is -0.125. The van der Waals surface area contributed by atoms with Crippen molar-refractivity contribution < 1.29 is 18.4 Å². The predicted molar refractivity (Wildman–Crippen MR) is 126 cm³/mol.